The van der Waals surface area contributed by atoms with Crippen LogP contribution < -0.4 is 10.1 Å². The van der Waals surface area contributed by atoms with E-state index >= 15 is 0 Å². The molecule has 2 aliphatic rings. The van der Waals surface area contributed by atoms with Crippen molar-refractivity contribution < 1.29 is 4.74 Å². The summed E-state index contributed by atoms with van der Waals surface area (Å²) in [4.78, 5) is 0. The Hall–Kier alpha value is -1.02. The lowest BCUT2D eigenvalue weighted by atomic mass is 9.90. The van der Waals surface area contributed by atoms with Crippen molar-refractivity contribution >= 4 is 0 Å². The van der Waals surface area contributed by atoms with E-state index in [4.69, 9.17) is 4.74 Å². The third-order valence-corrected chi connectivity index (χ3v) is 4.49. The second-order valence-electron chi connectivity index (χ2n) is 6.09. The maximum Gasteiger partial charge on any atom is 0.119 e. The zero-order chi connectivity index (χ0) is 13.1. The van der Waals surface area contributed by atoms with Gasteiger partial charge in [0.1, 0.15) is 5.75 Å². The lowest BCUT2D eigenvalue weighted by Crippen LogP contribution is -2.25. The van der Waals surface area contributed by atoms with Crippen molar-refractivity contribution in [3.05, 3.63) is 29.8 Å². The van der Waals surface area contributed by atoms with Crippen molar-refractivity contribution in [3.8, 4) is 5.75 Å². The summed E-state index contributed by atoms with van der Waals surface area (Å²) in [5.41, 5.74) is 1.47. The Morgan fingerprint density at radius 1 is 1.11 bits per heavy atom. The molecule has 2 unspecified atom stereocenters. The monoisotopic (exact) mass is 259 g/mol. The summed E-state index contributed by atoms with van der Waals surface area (Å²) in [6, 6.07) is 9.50. The second-order valence-corrected chi connectivity index (χ2v) is 6.09. The van der Waals surface area contributed by atoms with Crippen molar-refractivity contribution in [1.82, 2.24) is 5.32 Å². The summed E-state index contributed by atoms with van der Waals surface area (Å²) in [7, 11) is 2.10. The Bertz CT molecular complexity index is 413. The molecule has 1 aromatic rings. The van der Waals surface area contributed by atoms with E-state index in [-0.39, 0.29) is 0 Å². The molecule has 2 saturated carbocycles. The molecule has 1 N–H and O–H groups in total. The molecule has 0 bridgehead atoms. The van der Waals surface area contributed by atoms with E-state index < -0.39 is 0 Å². The van der Waals surface area contributed by atoms with Crippen LogP contribution in [-0.4, -0.2) is 19.2 Å². The minimum absolute atomic E-state index is 0.495. The SMILES string of the molecule is CNC1CCCCC(c2cccc(OC3CC3)c2)C1. The molecular weight excluding hydrogens is 234 g/mol. The van der Waals surface area contributed by atoms with Crippen LogP contribution in [0.5, 0.6) is 5.75 Å². The van der Waals surface area contributed by atoms with Gasteiger partial charge < -0.3 is 10.1 Å². The number of hydrogen-bond donors (Lipinski definition) is 1. The van der Waals surface area contributed by atoms with Gasteiger partial charge in [-0.2, -0.15) is 0 Å². The quantitative estimate of drug-likeness (QED) is 0.829. The Balaban J connectivity index is 1.71. The predicted octanol–water partition coefficient (Wildman–Crippen LogP) is 3.86. The Morgan fingerprint density at radius 3 is 2.74 bits per heavy atom. The van der Waals surface area contributed by atoms with E-state index in [1.807, 2.05) is 0 Å². The number of ether oxygens (including phenoxy) is 1. The first-order valence-electron chi connectivity index (χ1n) is 7.79. The van der Waals surface area contributed by atoms with Gasteiger partial charge >= 0.3 is 0 Å². The first-order valence-corrected chi connectivity index (χ1v) is 7.79. The molecule has 2 nitrogen and oxygen atoms in total. The highest BCUT2D eigenvalue weighted by atomic mass is 16.5. The molecule has 1 aromatic carbocycles. The first kappa shape index (κ1) is 13.0. The summed E-state index contributed by atoms with van der Waals surface area (Å²) in [6.45, 7) is 0. The summed E-state index contributed by atoms with van der Waals surface area (Å²) in [5, 5.41) is 3.47. The third-order valence-electron chi connectivity index (χ3n) is 4.49. The van der Waals surface area contributed by atoms with Gasteiger partial charge in [0.2, 0.25) is 0 Å². The van der Waals surface area contributed by atoms with Crippen LogP contribution in [0.15, 0.2) is 24.3 Å². The van der Waals surface area contributed by atoms with Crippen molar-refractivity contribution in [3.63, 3.8) is 0 Å². The van der Waals surface area contributed by atoms with Crippen LogP contribution in [0.25, 0.3) is 0 Å². The lowest BCUT2D eigenvalue weighted by molar-refractivity contribution is 0.302. The van der Waals surface area contributed by atoms with Crippen LogP contribution in [0.3, 0.4) is 0 Å². The molecule has 0 aliphatic heterocycles. The van der Waals surface area contributed by atoms with Crippen LogP contribution >= 0.6 is 0 Å². The topological polar surface area (TPSA) is 21.3 Å². The van der Waals surface area contributed by atoms with Gasteiger partial charge in [-0.15, -0.1) is 0 Å². The lowest BCUT2D eigenvalue weighted by Gasteiger charge is -2.20. The van der Waals surface area contributed by atoms with Gasteiger partial charge in [-0.3, -0.25) is 0 Å². The number of nitrogens with one attached hydrogen (secondary N) is 1. The third kappa shape index (κ3) is 3.50. The van der Waals surface area contributed by atoms with Gasteiger partial charge in [-0.25, -0.2) is 0 Å². The van der Waals surface area contributed by atoms with E-state index in [1.54, 1.807) is 0 Å². The maximum atomic E-state index is 5.93. The van der Waals surface area contributed by atoms with Gasteiger partial charge in [0.05, 0.1) is 6.10 Å². The van der Waals surface area contributed by atoms with Crippen LogP contribution in [0.4, 0.5) is 0 Å². The molecule has 0 amide bonds. The fourth-order valence-electron chi connectivity index (χ4n) is 3.15. The molecule has 2 atom stereocenters. The zero-order valence-corrected chi connectivity index (χ0v) is 11.9. The van der Waals surface area contributed by atoms with Crippen LogP contribution in [-0.2, 0) is 0 Å². The van der Waals surface area contributed by atoms with Crippen LogP contribution in [0, 0.1) is 0 Å². The summed E-state index contributed by atoms with van der Waals surface area (Å²) in [6.07, 6.45) is 9.59. The molecule has 104 valence electrons. The predicted molar refractivity (Wildman–Crippen MR) is 78.8 cm³/mol. The smallest absolute Gasteiger partial charge is 0.119 e. The minimum atomic E-state index is 0.495. The average molecular weight is 259 g/mol. The molecule has 0 aromatic heterocycles. The standard InChI is InChI=1S/C17H25NO/c1-18-15-7-3-2-5-13(11-15)14-6-4-8-17(12-14)19-16-9-10-16/h4,6,8,12-13,15-16,18H,2-3,5,7,9-11H2,1H3. The highest BCUT2D eigenvalue weighted by Crippen LogP contribution is 2.34. The molecule has 3 rings (SSSR count). The highest BCUT2D eigenvalue weighted by molar-refractivity contribution is 5.31. The van der Waals surface area contributed by atoms with Gasteiger partial charge in [-0.1, -0.05) is 25.0 Å². The van der Waals surface area contributed by atoms with Crippen molar-refractivity contribution in [2.45, 2.75) is 63.0 Å². The first-order chi connectivity index (χ1) is 9.35. The fraction of sp³-hybridized carbons (Fsp3) is 0.647. The van der Waals surface area contributed by atoms with E-state index in [1.165, 1.54) is 50.5 Å². The normalized spacial score (nSPS) is 27.8. The summed E-state index contributed by atoms with van der Waals surface area (Å²) >= 11 is 0. The maximum absolute atomic E-state index is 5.93. The van der Waals surface area contributed by atoms with Crippen molar-refractivity contribution in [2.24, 2.45) is 0 Å². The second kappa shape index (κ2) is 5.96. The highest BCUT2D eigenvalue weighted by Gasteiger charge is 2.24. The van der Waals surface area contributed by atoms with E-state index in [9.17, 15) is 0 Å². The van der Waals surface area contributed by atoms with Crippen molar-refractivity contribution in [2.75, 3.05) is 7.05 Å². The molecule has 19 heavy (non-hydrogen) atoms. The molecule has 0 saturated heterocycles. The number of hydrogen-bond acceptors (Lipinski definition) is 2. The molecular formula is C17H25NO. The van der Waals surface area contributed by atoms with Gasteiger partial charge in [0, 0.05) is 6.04 Å². The largest absolute Gasteiger partial charge is 0.490 e. The fourth-order valence-corrected chi connectivity index (χ4v) is 3.15. The molecule has 2 heteroatoms. The molecule has 0 radical (unpaired) electrons. The van der Waals surface area contributed by atoms with Gasteiger partial charge in [0.25, 0.3) is 0 Å². The van der Waals surface area contributed by atoms with Crippen LogP contribution in [0.1, 0.15) is 56.4 Å². The Morgan fingerprint density at radius 2 is 1.95 bits per heavy atom. The number of rotatable bonds is 4. The van der Waals surface area contributed by atoms with E-state index in [2.05, 4.69) is 36.6 Å². The minimum Gasteiger partial charge on any atom is -0.490 e. The molecule has 2 aliphatic carbocycles. The molecule has 0 spiro atoms. The van der Waals surface area contributed by atoms with Crippen molar-refractivity contribution in [1.29, 1.82) is 0 Å². The van der Waals surface area contributed by atoms with E-state index in [0.717, 1.165) is 5.75 Å². The summed E-state index contributed by atoms with van der Waals surface area (Å²) in [5.74, 6) is 1.77. The van der Waals surface area contributed by atoms with Gasteiger partial charge in [0.15, 0.2) is 0 Å². The molecule has 2 fully saturated rings. The molecule has 0 heterocycles. The van der Waals surface area contributed by atoms with Crippen LogP contribution in [0.2, 0.25) is 0 Å². The zero-order valence-electron chi connectivity index (χ0n) is 11.9. The Kier molecular flexibility index (Phi) is 4.07. The Labute approximate surface area is 116 Å². The average Bonchev–Trinajstić information content (AvgIpc) is 3.25. The van der Waals surface area contributed by atoms with E-state index in [0.29, 0.717) is 18.1 Å². The van der Waals surface area contributed by atoms with Gasteiger partial charge in [-0.05, 0) is 62.8 Å². The summed E-state index contributed by atoms with van der Waals surface area (Å²) < 4.78 is 5.93. The number of benzene rings is 1.